The summed E-state index contributed by atoms with van der Waals surface area (Å²) < 4.78 is 0. The molecular weight excluding hydrogens is 366 g/mol. The summed E-state index contributed by atoms with van der Waals surface area (Å²) in [5.41, 5.74) is 6.87. The molecule has 0 aromatic heterocycles. The monoisotopic (exact) mass is 401 g/mol. The number of nitrogens with zero attached hydrogens (tertiary/aromatic N) is 1. The van der Waals surface area contributed by atoms with E-state index in [1.54, 1.807) is 5.57 Å². The zero-order valence-electron chi connectivity index (χ0n) is 18.4. The lowest BCUT2D eigenvalue weighted by atomic mass is 9.84. The Balaban J connectivity index is 1.31. The van der Waals surface area contributed by atoms with Gasteiger partial charge in [0.1, 0.15) is 5.78 Å². The van der Waals surface area contributed by atoms with Crippen molar-refractivity contribution in [1.82, 2.24) is 0 Å². The van der Waals surface area contributed by atoms with Crippen LogP contribution in [0.4, 0.5) is 0 Å². The molecule has 1 aromatic carbocycles. The molecule has 3 aliphatic rings. The number of ketones is 1. The molecule has 2 atom stereocenters. The molecule has 1 saturated carbocycles. The fourth-order valence-corrected chi connectivity index (χ4v) is 5.34. The Morgan fingerprint density at radius 3 is 2.97 bits per heavy atom. The number of aliphatic imine (C=N–C) groups is 1. The predicted octanol–water partition coefficient (Wildman–Crippen LogP) is 7.09. The summed E-state index contributed by atoms with van der Waals surface area (Å²) in [7, 11) is 0. The van der Waals surface area contributed by atoms with Crippen LogP contribution in [0.5, 0.6) is 0 Å². The quantitative estimate of drug-likeness (QED) is 0.468. The first-order valence-corrected chi connectivity index (χ1v) is 11.9. The molecule has 158 valence electrons. The van der Waals surface area contributed by atoms with Gasteiger partial charge in [0.15, 0.2) is 0 Å². The molecule has 0 amide bonds. The van der Waals surface area contributed by atoms with E-state index in [0.29, 0.717) is 24.0 Å². The van der Waals surface area contributed by atoms with Crippen molar-refractivity contribution in [3.8, 4) is 0 Å². The SMILES string of the molecule is Cc1cccc(CCC(=O)CC2CCCC(C3=NC=CCC4=C3C=CCC4)CC2)c1. The van der Waals surface area contributed by atoms with Gasteiger partial charge in [0.25, 0.3) is 0 Å². The lowest BCUT2D eigenvalue weighted by Crippen LogP contribution is -2.18. The second kappa shape index (κ2) is 10.2. The average molecular weight is 402 g/mol. The van der Waals surface area contributed by atoms with Gasteiger partial charge in [0.05, 0.1) is 5.71 Å². The highest BCUT2D eigenvalue weighted by molar-refractivity contribution is 6.05. The second-order valence-corrected chi connectivity index (χ2v) is 9.36. The molecule has 2 nitrogen and oxygen atoms in total. The van der Waals surface area contributed by atoms with E-state index in [4.69, 9.17) is 4.99 Å². The number of aryl methyl sites for hydroxylation is 2. The minimum Gasteiger partial charge on any atom is -0.300 e. The molecule has 1 fully saturated rings. The van der Waals surface area contributed by atoms with Gasteiger partial charge >= 0.3 is 0 Å². The lowest BCUT2D eigenvalue weighted by molar-refractivity contribution is -0.120. The van der Waals surface area contributed by atoms with Gasteiger partial charge in [0, 0.05) is 25.0 Å². The highest BCUT2D eigenvalue weighted by atomic mass is 16.1. The number of benzene rings is 1. The Labute approximate surface area is 181 Å². The third-order valence-corrected chi connectivity index (χ3v) is 7.00. The van der Waals surface area contributed by atoms with Crippen LogP contribution in [-0.4, -0.2) is 11.5 Å². The summed E-state index contributed by atoms with van der Waals surface area (Å²) in [5, 5.41) is 0. The number of hydrogen-bond donors (Lipinski definition) is 0. The fraction of sp³-hybridized carbons (Fsp3) is 0.500. The molecule has 2 heteroatoms. The van der Waals surface area contributed by atoms with Crippen molar-refractivity contribution in [3.63, 3.8) is 0 Å². The zero-order chi connectivity index (χ0) is 20.8. The number of carbonyl (C=O) groups excluding carboxylic acids is 1. The van der Waals surface area contributed by atoms with E-state index in [-0.39, 0.29) is 0 Å². The summed E-state index contributed by atoms with van der Waals surface area (Å²) >= 11 is 0. The fourth-order valence-electron chi connectivity index (χ4n) is 5.34. The topological polar surface area (TPSA) is 29.4 Å². The Morgan fingerprint density at radius 2 is 2.07 bits per heavy atom. The first-order valence-electron chi connectivity index (χ1n) is 11.9. The smallest absolute Gasteiger partial charge is 0.133 e. The number of Topliss-reactive ketones (excluding diaryl/α,β-unsaturated/α-hetero) is 1. The highest BCUT2D eigenvalue weighted by Gasteiger charge is 2.27. The maximum Gasteiger partial charge on any atom is 0.133 e. The molecule has 0 spiro atoms. The molecule has 2 unspecified atom stereocenters. The van der Waals surface area contributed by atoms with Gasteiger partial charge in [-0.2, -0.15) is 0 Å². The van der Waals surface area contributed by atoms with Crippen LogP contribution in [0.1, 0.15) is 75.3 Å². The lowest BCUT2D eigenvalue weighted by Gasteiger charge is -2.22. The first kappa shape index (κ1) is 21.0. The van der Waals surface area contributed by atoms with Crippen LogP contribution in [0.3, 0.4) is 0 Å². The van der Waals surface area contributed by atoms with Crippen LogP contribution in [0.25, 0.3) is 0 Å². The van der Waals surface area contributed by atoms with Gasteiger partial charge in [-0.25, -0.2) is 0 Å². The van der Waals surface area contributed by atoms with E-state index in [1.807, 2.05) is 6.20 Å². The van der Waals surface area contributed by atoms with E-state index >= 15 is 0 Å². The van der Waals surface area contributed by atoms with Crippen molar-refractivity contribution in [2.45, 2.75) is 77.6 Å². The summed E-state index contributed by atoms with van der Waals surface area (Å²) in [6.07, 6.45) is 20.6. The normalized spacial score (nSPS) is 24.1. The van der Waals surface area contributed by atoms with Crippen molar-refractivity contribution in [2.24, 2.45) is 16.8 Å². The van der Waals surface area contributed by atoms with Gasteiger partial charge in [0.2, 0.25) is 0 Å². The van der Waals surface area contributed by atoms with E-state index in [1.165, 1.54) is 54.5 Å². The van der Waals surface area contributed by atoms with Crippen LogP contribution in [0.15, 0.2) is 64.8 Å². The number of allylic oxidation sites excluding steroid dienone is 5. The molecule has 1 heterocycles. The van der Waals surface area contributed by atoms with Crippen molar-refractivity contribution >= 4 is 11.5 Å². The van der Waals surface area contributed by atoms with Gasteiger partial charge in [-0.05, 0) is 68.9 Å². The molecule has 0 saturated heterocycles. The molecule has 2 aliphatic carbocycles. The molecule has 0 radical (unpaired) electrons. The third kappa shape index (κ3) is 5.47. The standard InChI is InChI=1S/C28H35NO/c1-21-7-4-8-22(19-21)15-17-26(30)20-23-9-5-11-25(16-14-23)28-27-13-3-2-10-24(27)12-6-18-29-28/h3-4,6-8,13,18-19,23,25H,2,5,9-12,14-17,20H2,1H3. The maximum absolute atomic E-state index is 12.6. The van der Waals surface area contributed by atoms with Crippen LogP contribution in [0.2, 0.25) is 0 Å². The van der Waals surface area contributed by atoms with Gasteiger partial charge in [-0.15, -0.1) is 0 Å². The number of hydrogen-bond acceptors (Lipinski definition) is 2. The number of carbonyl (C=O) groups is 1. The minimum atomic E-state index is 0.440. The summed E-state index contributed by atoms with van der Waals surface area (Å²) in [5.74, 6) is 1.54. The molecule has 0 bridgehead atoms. The van der Waals surface area contributed by atoms with Crippen LogP contribution in [-0.2, 0) is 11.2 Å². The van der Waals surface area contributed by atoms with E-state index in [0.717, 1.165) is 32.1 Å². The van der Waals surface area contributed by atoms with Crippen molar-refractivity contribution in [1.29, 1.82) is 0 Å². The van der Waals surface area contributed by atoms with Gasteiger partial charge in [-0.3, -0.25) is 9.79 Å². The zero-order valence-corrected chi connectivity index (χ0v) is 18.4. The first-order chi connectivity index (χ1) is 14.7. The molecule has 4 rings (SSSR count). The molecule has 0 N–H and O–H groups in total. The van der Waals surface area contributed by atoms with Gasteiger partial charge < -0.3 is 0 Å². The third-order valence-electron chi connectivity index (χ3n) is 7.00. The summed E-state index contributed by atoms with van der Waals surface area (Å²) in [4.78, 5) is 17.5. The number of rotatable bonds is 6. The average Bonchev–Trinajstić information content (AvgIpc) is 3.11. The van der Waals surface area contributed by atoms with Crippen LogP contribution < -0.4 is 0 Å². The van der Waals surface area contributed by atoms with Gasteiger partial charge in [-0.1, -0.05) is 66.5 Å². The largest absolute Gasteiger partial charge is 0.300 e. The highest BCUT2D eigenvalue weighted by Crippen LogP contribution is 2.35. The van der Waals surface area contributed by atoms with E-state index in [9.17, 15) is 4.79 Å². The Bertz CT molecular complexity index is 886. The molecular formula is C28H35NO. The van der Waals surface area contributed by atoms with Crippen molar-refractivity contribution in [3.05, 3.63) is 71.0 Å². The molecule has 1 aromatic rings. The second-order valence-electron chi connectivity index (χ2n) is 9.36. The van der Waals surface area contributed by atoms with Crippen LogP contribution in [0, 0.1) is 18.8 Å². The van der Waals surface area contributed by atoms with Crippen molar-refractivity contribution < 1.29 is 4.79 Å². The predicted molar refractivity (Wildman–Crippen MR) is 126 cm³/mol. The maximum atomic E-state index is 12.6. The minimum absolute atomic E-state index is 0.440. The Morgan fingerprint density at radius 1 is 1.13 bits per heavy atom. The molecule has 30 heavy (non-hydrogen) atoms. The molecule has 1 aliphatic heterocycles. The van der Waals surface area contributed by atoms with E-state index < -0.39 is 0 Å². The Kier molecular flexibility index (Phi) is 7.15. The van der Waals surface area contributed by atoms with Crippen molar-refractivity contribution in [2.75, 3.05) is 0 Å². The van der Waals surface area contributed by atoms with E-state index in [2.05, 4.69) is 49.4 Å². The van der Waals surface area contributed by atoms with Crippen LogP contribution >= 0.6 is 0 Å². The summed E-state index contributed by atoms with van der Waals surface area (Å²) in [6.45, 7) is 2.11. The summed E-state index contributed by atoms with van der Waals surface area (Å²) in [6, 6.07) is 8.55. The Hall–Kier alpha value is -2.22.